The highest BCUT2D eigenvalue weighted by atomic mass is 35.5. The summed E-state index contributed by atoms with van der Waals surface area (Å²) in [7, 11) is 0. The number of carbonyl (C=O) groups excluding carboxylic acids is 1. The number of rotatable bonds is 2. The SMILES string of the molecule is Cc1ccn(-c2ccc(Cl)c(C(N)=O)c2)n1. The van der Waals surface area contributed by atoms with Gasteiger partial charge < -0.3 is 5.73 Å². The van der Waals surface area contributed by atoms with Crippen molar-refractivity contribution in [1.29, 1.82) is 0 Å². The minimum Gasteiger partial charge on any atom is -0.366 e. The molecule has 0 aliphatic rings. The fraction of sp³-hybridized carbons (Fsp3) is 0.0909. The van der Waals surface area contributed by atoms with Gasteiger partial charge in [-0.05, 0) is 31.2 Å². The van der Waals surface area contributed by atoms with Crippen LogP contribution in [0.3, 0.4) is 0 Å². The number of nitrogens with zero attached hydrogens (tertiary/aromatic N) is 2. The average molecular weight is 236 g/mol. The van der Waals surface area contributed by atoms with E-state index in [1.165, 1.54) is 0 Å². The molecular formula is C11H10ClN3O. The van der Waals surface area contributed by atoms with Crippen molar-refractivity contribution in [3.05, 3.63) is 46.7 Å². The summed E-state index contributed by atoms with van der Waals surface area (Å²) >= 11 is 5.85. The van der Waals surface area contributed by atoms with Gasteiger partial charge in [0.2, 0.25) is 5.91 Å². The summed E-state index contributed by atoms with van der Waals surface area (Å²) in [5.41, 5.74) is 7.17. The summed E-state index contributed by atoms with van der Waals surface area (Å²) < 4.78 is 1.66. The smallest absolute Gasteiger partial charge is 0.250 e. The quantitative estimate of drug-likeness (QED) is 0.865. The predicted molar refractivity (Wildman–Crippen MR) is 61.8 cm³/mol. The number of amides is 1. The maximum atomic E-state index is 11.1. The number of nitrogens with two attached hydrogens (primary N) is 1. The second kappa shape index (κ2) is 3.98. The molecule has 1 aromatic heterocycles. The van der Waals surface area contributed by atoms with Crippen LogP contribution in [0.5, 0.6) is 0 Å². The number of aromatic nitrogens is 2. The van der Waals surface area contributed by atoms with E-state index in [-0.39, 0.29) is 0 Å². The van der Waals surface area contributed by atoms with E-state index in [9.17, 15) is 4.79 Å². The fourth-order valence-electron chi connectivity index (χ4n) is 1.40. The van der Waals surface area contributed by atoms with Gasteiger partial charge in [0, 0.05) is 6.20 Å². The Labute approximate surface area is 97.6 Å². The Bertz CT molecular complexity index is 548. The highest BCUT2D eigenvalue weighted by molar-refractivity contribution is 6.33. The van der Waals surface area contributed by atoms with Crippen molar-refractivity contribution < 1.29 is 4.79 Å². The third kappa shape index (κ3) is 1.92. The van der Waals surface area contributed by atoms with Crippen LogP contribution in [-0.4, -0.2) is 15.7 Å². The zero-order chi connectivity index (χ0) is 11.7. The summed E-state index contributed by atoms with van der Waals surface area (Å²) in [6.07, 6.45) is 1.81. The van der Waals surface area contributed by atoms with E-state index in [0.717, 1.165) is 11.4 Å². The van der Waals surface area contributed by atoms with Crippen LogP contribution in [0.2, 0.25) is 5.02 Å². The molecule has 0 fully saturated rings. The Morgan fingerprint density at radius 1 is 1.44 bits per heavy atom. The molecule has 82 valence electrons. The van der Waals surface area contributed by atoms with Gasteiger partial charge in [0.15, 0.2) is 0 Å². The van der Waals surface area contributed by atoms with Crippen LogP contribution in [0, 0.1) is 6.92 Å². The Hall–Kier alpha value is -1.81. The molecule has 0 unspecified atom stereocenters. The van der Waals surface area contributed by atoms with Crippen LogP contribution in [0.25, 0.3) is 5.69 Å². The Kier molecular flexibility index (Phi) is 2.66. The van der Waals surface area contributed by atoms with Crippen LogP contribution < -0.4 is 5.73 Å². The van der Waals surface area contributed by atoms with Crippen LogP contribution in [0.4, 0.5) is 0 Å². The Balaban J connectivity index is 2.51. The van der Waals surface area contributed by atoms with Gasteiger partial charge in [-0.3, -0.25) is 4.79 Å². The molecule has 5 heteroatoms. The standard InChI is InChI=1S/C11H10ClN3O/c1-7-4-5-15(14-7)8-2-3-10(12)9(6-8)11(13)16/h2-6H,1H3,(H2,13,16). The van der Waals surface area contributed by atoms with Gasteiger partial charge in [-0.15, -0.1) is 0 Å². The van der Waals surface area contributed by atoms with Crippen molar-refractivity contribution in [3.63, 3.8) is 0 Å². The summed E-state index contributed by atoms with van der Waals surface area (Å²) in [5, 5.41) is 4.58. The first kappa shape index (κ1) is 10.7. The lowest BCUT2D eigenvalue weighted by molar-refractivity contribution is 0.100. The van der Waals surface area contributed by atoms with Crippen molar-refractivity contribution in [2.24, 2.45) is 5.73 Å². The molecule has 0 atom stereocenters. The Morgan fingerprint density at radius 3 is 2.75 bits per heavy atom. The highest BCUT2D eigenvalue weighted by Gasteiger charge is 2.08. The van der Waals surface area contributed by atoms with Gasteiger partial charge >= 0.3 is 0 Å². The monoisotopic (exact) mass is 235 g/mol. The minimum absolute atomic E-state index is 0.298. The van der Waals surface area contributed by atoms with Crippen molar-refractivity contribution in [2.45, 2.75) is 6.92 Å². The minimum atomic E-state index is -0.546. The number of carbonyl (C=O) groups is 1. The molecule has 2 N–H and O–H groups in total. The van der Waals surface area contributed by atoms with Gasteiger partial charge in [0.25, 0.3) is 0 Å². The molecule has 0 saturated carbocycles. The van der Waals surface area contributed by atoms with Gasteiger partial charge in [-0.2, -0.15) is 5.10 Å². The molecule has 0 spiro atoms. The molecule has 2 rings (SSSR count). The maximum absolute atomic E-state index is 11.1. The molecule has 1 aromatic carbocycles. The van der Waals surface area contributed by atoms with Crippen molar-refractivity contribution in [3.8, 4) is 5.69 Å². The largest absolute Gasteiger partial charge is 0.366 e. The molecule has 0 radical (unpaired) electrons. The second-order valence-corrected chi connectivity index (χ2v) is 3.84. The first-order valence-corrected chi connectivity index (χ1v) is 5.08. The van der Waals surface area contributed by atoms with E-state index in [1.807, 2.05) is 19.2 Å². The first-order valence-electron chi connectivity index (χ1n) is 4.70. The van der Waals surface area contributed by atoms with E-state index >= 15 is 0 Å². The van der Waals surface area contributed by atoms with Crippen LogP contribution in [-0.2, 0) is 0 Å². The molecule has 0 bridgehead atoms. The van der Waals surface area contributed by atoms with E-state index < -0.39 is 5.91 Å². The molecule has 2 aromatic rings. The molecule has 0 aliphatic heterocycles. The zero-order valence-electron chi connectivity index (χ0n) is 8.64. The fourth-order valence-corrected chi connectivity index (χ4v) is 1.61. The van der Waals surface area contributed by atoms with E-state index in [1.54, 1.807) is 22.9 Å². The van der Waals surface area contributed by atoms with E-state index in [0.29, 0.717) is 10.6 Å². The lowest BCUT2D eigenvalue weighted by Crippen LogP contribution is -2.12. The second-order valence-electron chi connectivity index (χ2n) is 3.43. The predicted octanol–water partition coefficient (Wildman–Crippen LogP) is 1.93. The Morgan fingerprint density at radius 2 is 2.19 bits per heavy atom. The molecular weight excluding hydrogens is 226 g/mol. The third-order valence-electron chi connectivity index (χ3n) is 2.20. The number of benzene rings is 1. The van der Waals surface area contributed by atoms with Gasteiger partial charge in [-0.1, -0.05) is 11.6 Å². The number of aryl methyl sites for hydroxylation is 1. The number of hydrogen-bond donors (Lipinski definition) is 1. The number of primary amides is 1. The molecule has 16 heavy (non-hydrogen) atoms. The molecule has 0 saturated heterocycles. The molecule has 4 nitrogen and oxygen atoms in total. The highest BCUT2D eigenvalue weighted by Crippen LogP contribution is 2.19. The van der Waals surface area contributed by atoms with Crippen molar-refractivity contribution in [1.82, 2.24) is 9.78 Å². The van der Waals surface area contributed by atoms with E-state index in [4.69, 9.17) is 17.3 Å². The topological polar surface area (TPSA) is 60.9 Å². The third-order valence-corrected chi connectivity index (χ3v) is 2.53. The normalized spacial score (nSPS) is 10.4. The van der Waals surface area contributed by atoms with E-state index in [2.05, 4.69) is 5.10 Å². The summed E-state index contributed by atoms with van der Waals surface area (Å²) in [4.78, 5) is 11.1. The van der Waals surface area contributed by atoms with Gasteiger partial charge in [-0.25, -0.2) is 4.68 Å². The summed E-state index contributed by atoms with van der Waals surface area (Å²) in [6, 6.07) is 6.91. The van der Waals surface area contributed by atoms with Crippen LogP contribution >= 0.6 is 11.6 Å². The molecule has 1 heterocycles. The summed E-state index contributed by atoms with van der Waals surface area (Å²) in [5.74, 6) is -0.546. The lowest BCUT2D eigenvalue weighted by atomic mass is 10.2. The van der Waals surface area contributed by atoms with Gasteiger partial charge in [0.05, 0.1) is 22.0 Å². The van der Waals surface area contributed by atoms with Crippen molar-refractivity contribution >= 4 is 17.5 Å². The summed E-state index contributed by atoms with van der Waals surface area (Å²) in [6.45, 7) is 1.89. The maximum Gasteiger partial charge on any atom is 0.250 e. The van der Waals surface area contributed by atoms with Crippen LogP contribution in [0.1, 0.15) is 16.1 Å². The number of hydrogen-bond acceptors (Lipinski definition) is 2. The van der Waals surface area contributed by atoms with Crippen molar-refractivity contribution in [2.75, 3.05) is 0 Å². The van der Waals surface area contributed by atoms with Crippen LogP contribution in [0.15, 0.2) is 30.5 Å². The zero-order valence-corrected chi connectivity index (χ0v) is 9.40. The first-order chi connectivity index (χ1) is 7.58. The average Bonchev–Trinajstić information content (AvgIpc) is 2.65. The lowest BCUT2D eigenvalue weighted by Gasteiger charge is -2.04. The van der Waals surface area contributed by atoms with Gasteiger partial charge in [0.1, 0.15) is 0 Å². The number of halogens is 1. The molecule has 0 aliphatic carbocycles. The molecule has 1 amide bonds.